The molecule has 0 aromatic heterocycles. The molecule has 1 saturated heterocycles. The van der Waals surface area contributed by atoms with Gasteiger partial charge in [0.05, 0.1) is 0 Å². The monoisotopic (exact) mass is 431 g/mol. The maximum absolute atomic E-state index is 13.7. The molecule has 3 fully saturated rings. The summed E-state index contributed by atoms with van der Waals surface area (Å²) in [7, 11) is 0. The zero-order valence-corrected chi connectivity index (χ0v) is 18.3. The Morgan fingerprint density at radius 2 is 1.66 bits per heavy atom. The smallest absolute Gasteiger partial charge is 0.326 e. The van der Waals surface area contributed by atoms with Crippen molar-refractivity contribution in [2.75, 3.05) is 6.54 Å². The van der Waals surface area contributed by atoms with Crippen molar-refractivity contribution < 1.29 is 14.4 Å². The molecule has 4 unspecified atom stereocenters. The second kappa shape index (κ2) is 8.08. The topological polar surface area (TPSA) is 78.5 Å². The van der Waals surface area contributed by atoms with Crippen molar-refractivity contribution in [2.24, 2.45) is 17.8 Å². The summed E-state index contributed by atoms with van der Waals surface area (Å²) in [4.78, 5) is 40.5. The highest BCUT2D eigenvalue weighted by atomic mass is 16.2. The maximum Gasteiger partial charge on any atom is 0.326 e. The first-order chi connectivity index (χ1) is 15.5. The van der Waals surface area contributed by atoms with E-state index in [1.807, 2.05) is 67.6 Å². The van der Waals surface area contributed by atoms with Crippen LogP contribution in [-0.2, 0) is 15.1 Å². The summed E-state index contributed by atoms with van der Waals surface area (Å²) in [6, 6.07) is 17.9. The number of fused-ring (bicyclic) bond motifs is 2. The largest absolute Gasteiger partial charge is 0.352 e. The number of carbonyl (C=O) groups is 3. The van der Waals surface area contributed by atoms with Crippen LogP contribution in [0.3, 0.4) is 0 Å². The minimum absolute atomic E-state index is 0.0478. The van der Waals surface area contributed by atoms with Crippen molar-refractivity contribution >= 4 is 17.8 Å². The third-order valence-corrected chi connectivity index (χ3v) is 7.64. The van der Waals surface area contributed by atoms with Crippen LogP contribution in [0.15, 0.2) is 60.7 Å². The molecular weight excluding hydrogens is 402 g/mol. The number of imide groups is 1. The molecular formula is C26H29N3O3. The first-order valence-corrected chi connectivity index (χ1v) is 11.5. The first-order valence-electron chi connectivity index (χ1n) is 11.5. The van der Waals surface area contributed by atoms with E-state index in [1.54, 1.807) is 0 Å². The maximum atomic E-state index is 13.7. The quantitative estimate of drug-likeness (QED) is 0.688. The van der Waals surface area contributed by atoms with Gasteiger partial charge in [0.15, 0.2) is 5.54 Å². The number of carbonyl (C=O) groups excluding carboxylic acids is 3. The Hall–Kier alpha value is -3.15. The van der Waals surface area contributed by atoms with Crippen molar-refractivity contribution in [1.29, 1.82) is 0 Å². The van der Waals surface area contributed by atoms with Gasteiger partial charge < -0.3 is 10.6 Å². The summed E-state index contributed by atoms with van der Waals surface area (Å²) in [5, 5.41) is 5.96. The van der Waals surface area contributed by atoms with Crippen molar-refractivity contribution in [2.45, 2.75) is 44.2 Å². The van der Waals surface area contributed by atoms with Gasteiger partial charge in [-0.1, -0.05) is 67.1 Å². The second-order valence-corrected chi connectivity index (χ2v) is 9.50. The van der Waals surface area contributed by atoms with Crippen LogP contribution in [0.1, 0.15) is 43.7 Å². The van der Waals surface area contributed by atoms with Gasteiger partial charge in [-0.3, -0.25) is 14.5 Å². The summed E-state index contributed by atoms with van der Waals surface area (Å²) in [5.41, 5.74) is 0.00133. The Morgan fingerprint density at radius 3 is 2.19 bits per heavy atom. The van der Waals surface area contributed by atoms with Crippen LogP contribution < -0.4 is 10.6 Å². The standard InChI is InChI=1S/C26H29N3O3/c1-17(22-15-18-12-13-19(22)14-18)27-23(30)16-29-24(31)26(28-25(29)32,20-8-4-2-5-9-20)21-10-6-3-7-11-21/h2-11,17-19,22H,12-16H2,1H3,(H,27,30)(H,28,32). The van der Waals surface area contributed by atoms with E-state index < -0.39 is 17.5 Å². The lowest BCUT2D eigenvalue weighted by atomic mass is 9.82. The molecule has 5 rings (SSSR count). The molecule has 2 aliphatic carbocycles. The molecule has 6 nitrogen and oxygen atoms in total. The SMILES string of the molecule is CC(NC(=O)CN1C(=O)NC(c2ccccc2)(c2ccccc2)C1=O)C1CC2CCC1C2. The molecule has 0 radical (unpaired) electrons. The van der Waals surface area contributed by atoms with Crippen molar-refractivity contribution in [3.8, 4) is 0 Å². The van der Waals surface area contributed by atoms with Crippen LogP contribution in [0.2, 0.25) is 0 Å². The Kier molecular flexibility index (Phi) is 5.24. The van der Waals surface area contributed by atoms with Gasteiger partial charge in [0.25, 0.3) is 5.91 Å². The zero-order chi connectivity index (χ0) is 22.3. The molecule has 3 aliphatic rings. The van der Waals surface area contributed by atoms with Crippen LogP contribution in [0, 0.1) is 17.8 Å². The molecule has 1 heterocycles. The van der Waals surface area contributed by atoms with Gasteiger partial charge in [-0.25, -0.2) is 4.79 Å². The summed E-state index contributed by atoms with van der Waals surface area (Å²) in [6.07, 6.45) is 5.00. The Labute approximate surface area is 188 Å². The molecule has 2 aromatic carbocycles. The van der Waals surface area contributed by atoms with Crippen molar-refractivity contribution in [1.82, 2.24) is 15.5 Å². The van der Waals surface area contributed by atoms with E-state index in [0.29, 0.717) is 23.0 Å². The van der Waals surface area contributed by atoms with Gasteiger partial charge >= 0.3 is 6.03 Å². The Balaban J connectivity index is 1.36. The fourth-order valence-corrected chi connectivity index (χ4v) is 6.11. The molecule has 2 N–H and O–H groups in total. The van der Waals surface area contributed by atoms with Crippen molar-refractivity contribution in [3.63, 3.8) is 0 Å². The predicted molar refractivity (Wildman–Crippen MR) is 120 cm³/mol. The summed E-state index contributed by atoms with van der Waals surface area (Å²) in [5.74, 6) is 1.26. The normalized spacial score (nSPS) is 26.8. The Morgan fingerprint density at radius 1 is 1.03 bits per heavy atom. The molecule has 166 valence electrons. The average Bonchev–Trinajstić information content (AvgIpc) is 3.51. The van der Waals surface area contributed by atoms with Gasteiger partial charge in [-0.05, 0) is 55.1 Å². The number of hydrogen-bond donors (Lipinski definition) is 2. The number of hydrogen-bond acceptors (Lipinski definition) is 3. The van der Waals surface area contributed by atoms with Gasteiger partial charge in [-0.2, -0.15) is 0 Å². The number of amides is 4. The fourth-order valence-electron chi connectivity index (χ4n) is 6.11. The third-order valence-electron chi connectivity index (χ3n) is 7.64. The number of urea groups is 1. The molecule has 4 atom stereocenters. The second-order valence-electron chi connectivity index (χ2n) is 9.50. The lowest BCUT2D eigenvalue weighted by molar-refractivity contribution is -0.134. The van der Waals surface area contributed by atoms with Crippen molar-refractivity contribution in [3.05, 3.63) is 71.8 Å². The summed E-state index contributed by atoms with van der Waals surface area (Å²) < 4.78 is 0. The molecule has 1 aliphatic heterocycles. The lowest BCUT2D eigenvalue weighted by Crippen LogP contribution is -2.48. The minimum Gasteiger partial charge on any atom is -0.352 e. The fraction of sp³-hybridized carbons (Fsp3) is 0.423. The van der Waals surface area contributed by atoms with Crippen LogP contribution >= 0.6 is 0 Å². The van der Waals surface area contributed by atoms with E-state index in [4.69, 9.17) is 0 Å². The number of nitrogens with one attached hydrogen (secondary N) is 2. The van der Waals surface area contributed by atoms with Crippen LogP contribution in [-0.4, -0.2) is 35.3 Å². The number of nitrogens with zero attached hydrogens (tertiary/aromatic N) is 1. The highest BCUT2D eigenvalue weighted by molar-refractivity contribution is 6.11. The van der Waals surface area contributed by atoms with Gasteiger partial charge in [0.2, 0.25) is 5.91 Å². The van der Waals surface area contributed by atoms with Gasteiger partial charge in [-0.15, -0.1) is 0 Å². The van der Waals surface area contributed by atoms with E-state index in [9.17, 15) is 14.4 Å². The zero-order valence-electron chi connectivity index (χ0n) is 18.3. The molecule has 2 aromatic rings. The number of rotatable bonds is 6. The first kappa shape index (κ1) is 20.7. The van der Waals surface area contributed by atoms with E-state index in [1.165, 1.54) is 25.7 Å². The third kappa shape index (κ3) is 3.38. The summed E-state index contributed by atoms with van der Waals surface area (Å²) in [6.45, 7) is 1.77. The molecule has 4 amide bonds. The molecule has 6 heteroatoms. The molecule has 2 bridgehead atoms. The van der Waals surface area contributed by atoms with Gasteiger partial charge in [0, 0.05) is 6.04 Å². The number of benzene rings is 2. The minimum atomic E-state index is -1.34. The molecule has 32 heavy (non-hydrogen) atoms. The van der Waals surface area contributed by atoms with Crippen LogP contribution in [0.5, 0.6) is 0 Å². The Bertz CT molecular complexity index is 984. The van der Waals surface area contributed by atoms with Crippen LogP contribution in [0.25, 0.3) is 0 Å². The highest BCUT2D eigenvalue weighted by Crippen LogP contribution is 2.49. The lowest BCUT2D eigenvalue weighted by Gasteiger charge is -2.29. The van der Waals surface area contributed by atoms with E-state index >= 15 is 0 Å². The van der Waals surface area contributed by atoms with E-state index in [-0.39, 0.29) is 18.5 Å². The van der Waals surface area contributed by atoms with E-state index in [0.717, 1.165) is 10.8 Å². The van der Waals surface area contributed by atoms with Gasteiger partial charge in [0.1, 0.15) is 6.54 Å². The molecule has 2 saturated carbocycles. The average molecular weight is 432 g/mol. The summed E-state index contributed by atoms with van der Waals surface area (Å²) >= 11 is 0. The van der Waals surface area contributed by atoms with Crippen LogP contribution in [0.4, 0.5) is 4.79 Å². The van der Waals surface area contributed by atoms with E-state index in [2.05, 4.69) is 10.6 Å². The predicted octanol–water partition coefficient (Wildman–Crippen LogP) is 3.42. The molecule has 0 spiro atoms. The highest BCUT2D eigenvalue weighted by Gasteiger charge is 2.54.